The molecule has 0 aromatic heterocycles. The monoisotopic (exact) mass is 309 g/mol. The Morgan fingerprint density at radius 2 is 2.05 bits per heavy atom. The molecule has 2 aliphatic rings. The van der Waals surface area contributed by atoms with Gasteiger partial charge >= 0.3 is 0 Å². The van der Waals surface area contributed by atoms with Crippen LogP contribution in [0.5, 0.6) is 11.5 Å². The van der Waals surface area contributed by atoms with Crippen molar-refractivity contribution in [1.29, 1.82) is 0 Å². The van der Waals surface area contributed by atoms with E-state index in [0.717, 1.165) is 6.42 Å². The fourth-order valence-electron chi connectivity index (χ4n) is 2.64. The minimum absolute atomic E-state index is 0.0213. The lowest BCUT2D eigenvalue weighted by Crippen LogP contribution is -2.36. The zero-order chi connectivity index (χ0) is 15.0. The van der Waals surface area contributed by atoms with Crippen molar-refractivity contribution in [2.75, 3.05) is 20.3 Å². The van der Waals surface area contributed by atoms with Gasteiger partial charge in [0.15, 0.2) is 11.5 Å². The maximum absolute atomic E-state index is 12.6. The highest BCUT2D eigenvalue weighted by molar-refractivity contribution is 6.32. The molecule has 0 saturated heterocycles. The summed E-state index contributed by atoms with van der Waals surface area (Å²) in [6.45, 7) is 3.26. The van der Waals surface area contributed by atoms with Crippen molar-refractivity contribution in [2.24, 2.45) is 5.92 Å². The second-order valence-corrected chi connectivity index (χ2v) is 6.24. The highest BCUT2D eigenvalue weighted by atomic mass is 35.5. The van der Waals surface area contributed by atoms with Crippen molar-refractivity contribution in [3.05, 3.63) is 22.7 Å². The normalized spacial score (nSPS) is 18.8. The fraction of sp³-hybridized carbons (Fsp3) is 0.562. The van der Waals surface area contributed by atoms with Gasteiger partial charge in [-0.25, -0.2) is 0 Å². The van der Waals surface area contributed by atoms with Crippen LogP contribution in [0.4, 0.5) is 0 Å². The molecule has 4 nitrogen and oxygen atoms in total. The predicted molar refractivity (Wildman–Crippen MR) is 81.3 cm³/mol. The first-order valence-electron chi connectivity index (χ1n) is 7.44. The van der Waals surface area contributed by atoms with E-state index >= 15 is 0 Å². The van der Waals surface area contributed by atoms with Crippen molar-refractivity contribution < 1.29 is 14.3 Å². The van der Waals surface area contributed by atoms with Gasteiger partial charge in [-0.15, -0.1) is 0 Å². The molecule has 1 aromatic rings. The Balaban J connectivity index is 1.86. The average Bonchev–Trinajstić information content (AvgIpc) is 3.31. The van der Waals surface area contributed by atoms with Crippen LogP contribution in [-0.4, -0.2) is 37.1 Å². The molecule has 1 amide bonds. The zero-order valence-electron chi connectivity index (χ0n) is 12.4. The molecule has 3 rings (SSSR count). The van der Waals surface area contributed by atoms with Gasteiger partial charge in [-0.05, 0) is 37.8 Å². The summed E-state index contributed by atoms with van der Waals surface area (Å²) in [5, 5.41) is 0.435. The van der Waals surface area contributed by atoms with Crippen LogP contribution in [0, 0.1) is 5.92 Å². The summed E-state index contributed by atoms with van der Waals surface area (Å²) in [4.78, 5) is 14.4. The van der Waals surface area contributed by atoms with Crippen molar-refractivity contribution in [2.45, 2.75) is 32.2 Å². The molecule has 5 heteroatoms. The number of benzene rings is 1. The molecule has 1 atom stereocenters. The lowest BCUT2D eigenvalue weighted by atomic mass is 10.1. The molecule has 1 unspecified atom stereocenters. The summed E-state index contributed by atoms with van der Waals surface area (Å²) in [6, 6.07) is 3.67. The topological polar surface area (TPSA) is 38.8 Å². The van der Waals surface area contributed by atoms with Gasteiger partial charge in [0.25, 0.3) is 5.91 Å². The first-order valence-corrected chi connectivity index (χ1v) is 7.82. The largest absolute Gasteiger partial charge is 0.489 e. The Labute approximate surface area is 130 Å². The molecule has 0 bridgehead atoms. The first-order chi connectivity index (χ1) is 10.1. The van der Waals surface area contributed by atoms with Crippen LogP contribution in [0.25, 0.3) is 0 Å². The van der Waals surface area contributed by atoms with E-state index in [1.807, 2.05) is 7.05 Å². The van der Waals surface area contributed by atoms with Crippen LogP contribution in [0.15, 0.2) is 12.1 Å². The summed E-state index contributed by atoms with van der Waals surface area (Å²) < 4.78 is 11.2. The Morgan fingerprint density at radius 1 is 1.33 bits per heavy atom. The second-order valence-electron chi connectivity index (χ2n) is 5.83. The van der Waals surface area contributed by atoms with E-state index in [4.69, 9.17) is 21.1 Å². The smallest absolute Gasteiger partial charge is 0.254 e. The minimum Gasteiger partial charge on any atom is -0.489 e. The van der Waals surface area contributed by atoms with Crippen molar-refractivity contribution in [1.82, 2.24) is 4.90 Å². The third kappa shape index (κ3) is 2.95. The Hall–Kier alpha value is -1.42. The molecule has 1 aliphatic heterocycles. The van der Waals surface area contributed by atoms with Crippen molar-refractivity contribution in [3.8, 4) is 11.5 Å². The second kappa shape index (κ2) is 5.76. The summed E-state index contributed by atoms with van der Waals surface area (Å²) in [6.07, 6.45) is 3.23. The molecule has 1 aromatic carbocycles. The molecule has 0 radical (unpaired) electrons. The average molecular weight is 310 g/mol. The number of nitrogens with zero attached hydrogens (tertiary/aromatic N) is 1. The van der Waals surface area contributed by atoms with Crippen LogP contribution in [0.1, 0.15) is 36.5 Å². The number of hydrogen-bond donors (Lipinski definition) is 0. The number of ether oxygens (including phenoxy) is 2. The number of hydrogen-bond acceptors (Lipinski definition) is 3. The third-order valence-electron chi connectivity index (χ3n) is 4.28. The molecular formula is C16H20ClNO3. The number of carbonyl (C=O) groups is 1. The molecule has 0 N–H and O–H groups in total. The lowest BCUT2D eigenvalue weighted by Gasteiger charge is -2.25. The summed E-state index contributed by atoms with van der Waals surface area (Å²) in [5.41, 5.74) is 0.555. The Kier molecular flexibility index (Phi) is 3.98. The first kappa shape index (κ1) is 14.5. The molecule has 114 valence electrons. The number of fused-ring (bicyclic) bond motifs is 1. The molecule has 1 heterocycles. The van der Waals surface area contributed by atoms with Gasteiger partial charge < -0.3 is 14.4 Å². The molecule has 1 saturated carbocycles. The standard InChI is InChI=1S/C16H20ClNO3/c1-10(11-4-5-11)18(2)16(19)12-8-13(17)15-14(9-12)20-6-3-7-21-15/h8-11H,3-7H2,1-2H3. The predicted octanol–water partition coefficient (Wildman–Crippen LogP) is 3.37. The SMILES string of the molecule is CC(C1CC1)N(C)C(=O)c1cc(Cl)c2c(c1)OCCCO2. The highest BCUT2D eigenvalue weighted by Gasteiger charge is 2.33. The van der Waals surface area contributed by atoms with E-state index in [-0.39, 0.29) is 11.9 Å². The van der Waals surface area contributed by atoms with Crippen molar-refractivity contribution in [3.63, 3.8) is 0 Å². The van der Waals surface area contributed by atoms with Gasteiger partial charge in [0, 0.05) is 25.1 Å². The van der Waals surface area contributed by atoms with Gasteiger partial charge in [0.1, 0.15) is 0 Å². The van der Waals surface area contributed by atoms with Crippen molar-refractivity contribution >= 4 is 17.5 Å². The number of halogens is 1. The third-order valence-corrected chi connectivity index (χ3v) is 4.57. The Bertz CT molecular complexity index is 557. The summed E-state index contributed by atoms with van der Waals surface area (Å²) in [5.74, 6) is 1.72. The van der Waals surface area contributed by atoms with E-state index in [1.54, 1.807) is 17.0 Å². The molecular weight excluding hydrogens is 290 g/mol. The number of rotatable bonds is 3. The van der Waals surface area contributed by atoms with E-state index in [9.17, 15) is 4.79 Å². The molecule has 21 heavy (non-hydrogen) atoms. The minimum atomic E-state index is -0.0213. The van der Waals surface area contributed by atoms with E-state index in [2.05, 4.69) is 6.92 Å². The van der Waals surface area contributed by atoms with E-state index < -0.39 is 0 Å². The lowest BCUT2D eigenvalue weighted by molar-refractivity contribution is 0.0727. The van der Waals surface area contributed by atoms with Gasteiger partial charge in [-0.2, -0.15) is 0 Å². The molecule has 1 aliphatic carbocycles. The quantitative estimate of drug-likeness (QED) is 0.859. The molecule has 1 fully saturated rings. The van der Waals surface area contributed by atoms with Crippen LogP contribution in [0.3, 0.4) is 0 Å². The van der Waals surface area contributed by atoms with Crippen LogP contribution < -0.4 is 9.47 Å². The van der Waals surface area contributed by atoms with Gasteiger partial charge in [0.2, 0.25) is 0 Å². The van der Waals surface area contributed by atoms with Gasteiger partial charge in [-0.3, -0.25) is 4.79 Å². The number of amides is 1. The fourth-order valence-corrected chi connectivity index (χ4v) is 2.90. The zero-order valence-corrected chi connectivity index (χ0v) is 13.2. The summed E-state index contributed by atoms with van der Waals surface area (Å²) in [7, 11) is 1.85. The van der Waals surface area contributed by atoms with Crippen LogP contribution in [-0.2, 0) is 0 Å². The van der Waals surface area contributed by atoms with E-state index in [0.29, 0.717) is 41.2 Å². The summed E-state index contributed by atoms with van der Waals surface area (Å²) >= 11 is 6.25. The van der Waals surface area contributed by atoms with Gasteiger partial charge in [0.05, 0.1) is 18.2 Å². The van der Waals surface area contributed by atoms with Crippen LogP contribution >= 0.6 is 11.6 Å². The Morgan fingerprint density at radius 3 is 2.76 bits per heavy atom. The van der Waals surface area contributed by atoms with Gasteiger partial charge in [-0.1, -0.05) is 11.6 Å². The number of carbonyl (C=O) groups excluding carboxylic acids is 1. The highest BCUT2D eigenvalue weighted by Crippen LogP contribution is 2.39. The maximum atomic E-state index is 12.6. The maximum Gasteiger partial charge on any atom is 0.254 e. The van der Waals surface area contributed by atoms with Crippen LogP contribution in [0.2, 0.25) is 5.02 Å². The van der Waals surface area contributed by atoms with E-state index in [1.165, 1.54) is 12.8 Å². The molecule has 0 spiro atoms.